The predicted molar refractivity (Wildman–Crippen MR) is 94.9 cm³/mol. The number of amides is 1. The molecule has 0 aromatic heterocycles. The molecule has 2 rings (SSSR count). The van der Waals surface area contributed by atoms with Gasteiger partial charge in [0.15, 0.2) is 6.10 Å². The first-order chi connectivity index (χ1) is 10.9. The minimum absolute atomic E-state index is 0.00296. The fraction of sp³-hybridized carbons (Fsp3) is 0.650. The van der Waals surface area contributed by atoms with Gasteiger partial charge in [0.1, 0.15) is 5.75 Å². The first-order valence-corrected chi connectivity index (χ1v) is 8.94. The van der Waals surface area contributed by atoms with Gasteiger partial charge in [-0.25, -0.2) is 0 Å². The van der Waals surface area contributed by atoms with E-state index in [1.165, 1.54) is 31.2 Å². The number of ether oxygens (including phenoxy) is 1. The summed E-state index contributed by atoms with van der Waals surface area (Å²) in [6.07, 6.45) is 6.75. The molecule has 128 valence electrons. The van der Waals surface area contributed by atoms with Crippen molar-refractivity contribution in [3.05, 3.63) is 29.8 Å². The van der Waals surface area contributed by atoms with Crippen LogP contribution in [-0.2, 0) is 10.2 Å². The van der Waals surface area contributed by atoms with Gasteiger partial charge in [0.05, 0.1) is 0 Å². The van der Waals surface area contributed by atoms with Gasteiger partial charge >= 0.3 is 0 Å². The average molecular weight is 317 g/mol. The number of hydrogen-bond donors (Lipinski definition) is 1. The summed E-state index contributed by atoms with van der Waals surface area (Å²) in [6, 6.07) is 8.38. The van der Waals surface area contributed by atoms with E-state index in [1.54, 1.807) is 0 Å². The Bertz CT molecular complexity index is 493. The van der Waals surface area contributed by atoms with Crippen molar-refractivity contribution in [2.75, 3.05) is 0 Å². The lowest BCUT2D eigenvalue weighted by molar-refractivity contribution is -0.128. The van der Waals surface area contributed by atoms with Crippen LogP contribution in [0.5, 0.6) is 5.75 Å². The quantitative estimate of drug-likeness (QED) is 0.825. The zero-order valence-electron chi connectivity index (χ0n) is 15.0. The van der Waals surface area contributed by atoms with Gasteiger partial charge in [-0.15, -0.1) is 0 Å². The fourth-order valence-electron chi connectivity index (χ4n) is 3.03. The average Bonchev–Trinajstić information content (AvgIpc) is 2.75. The molecular weight excluding hydrogens is 286 g/mol. The smallest absolute Gasteiger partial charge is 0.260 e. The molecule has 1 aromatic rings. The molecule has 1 atom stereocenters. The van der Waals surface area contributed by atoms with E-state index in [-0.39, 0.29) is 11.3 Å². The Morgan fingerprint density at radius 3 is 2.17 bits per heavy atom. The topological polar surface area (TPSA) is 38.3 Å². The van der Waals surface area contributed by atoms with Crippen LogP contribution in [0.25, 0.3) is 0 Å². The third-order valence-electron chi connectivity index (χ3n) is 4.60. The normalized spacial score (nSPS) is 18.1. The van der Waals surface area contributed by atoms with Gasteiger partial charge in [-0.3, -0.25) is 4.79 Å². The Kier molecular flexibility index (Phi) is 6.09. The summed E-state index contributed by atoms with van der Waals surface area (Å²) in [5.41, 5.74) is 1.39. The summed E-state index contributed by atoms with van der Waals surface area (Å²) >= 11 is 0. The number of carbonyl (C=O) groups excluding carboxylic acids is 1. The van der Waals surface area contributed by atoms with E-state index in [1.807, 2.05) is 19.1 Å². The summed E-state index contributed by atoms with van der Waals surface area (Å²) in [5, 5.41) is 3.15. The monoisotopic (exact) mass is 317 g/mol. The maximum absolute atomic E-state index is 12.3. The van der Waals surface area contributed by atoms with E-state index >= 15 is 0 Å². The first-order valence-electron chi connectivity index (χ1n) is 8.94. The Labute approximate surface area is 140 Å². The summed E-state index contributed by atoms with van der Waals surface area (Å²) in [6.45, 7) is 8.38. The number of carbonyl (C=O) groups is 1. The Morgan fingerprint density at radius 1 is 1.09 bits per heavy atom. The van der Waals surface area contributed by atoms with Crippen LogP contribution in [0.2, 0.25) is 0 Å². The van der Waals surface area contributed by atoms with Gasteiger partial charge in [-0.1, -0.05) is 58.6 Å². The van der Waals surface area contributed by atoms with Crippen LogP contribution in [0.15, 0.2) is 24.3 Å². The second kappa shape index (κ2) is 7.85. The molecule has 3 heteroatoms. The molecule has 1 aliphatic rings. The molecule has 0 aliphatic heterocycles. The van der Waals surface area contributed by atoms with Crippen molar-refractivity contribution in [2.45, 2.75) is 83.8 Å². The highest BCUT2D eigenvalue weighted by atomic mass is 16.5. The maximum Gasteiger partial charge on any atom is 0.260 e. The fourth-order valence-corrected chi connectivity index (χ4v) is 3.03. The Balaban J connectivity index is 1.87. The van der Waals surface area contributed by atoms with E-state index in [4.69, 9.17) is 4.74 Å². The van der Waals surface area contributed by atoms with Crippen molar-refractivity contribution in [1.82, 2.24) is 5.32 Å². The third kappa shape index (κ3) is 5.56. The van der Waals surface area contributed by atoms with Gasteiger partial charge in [0, 0.05) is 6.04 Å². The lowest BCUT2D eigenvalue weighted by atomic mass is 9.87. The lowest BCUT2D eigenvalue weighted by Gasteiger charge is -2.21. The zero-order valence-corrected chi connectivity index (χ0v) is 15.0. The van der Waals surface area contributed by atoms with Crippen molar-refractivity contribution < 1.29 is 9.53 Å². The second-order valence-corrected chi connectivity index (χ2v) is 7.73. The molecule has 1 N–H and O–H groups in total. The molecule has 1 aliphatic carbocycles. The lowest BCUT2D eigenvalue weighted by Crippen LogP contribution is -2.42. The van der Waals surface area contributed by atoms with Gasteiger partial charge in [-0.2, -0.15) is 0 Å². The van der Waals surface area contributed by atoms with Crippen LogP contribution in [-0.4, -0.2) is 18.1 Å². The molecule has 1 unspecified atom stereocenters. The molecule has 1 aromatic carbocycles. The number of benzene rings is 1. The minimum atomic E-state index is -0.460. The molecule has 0 heterocycles. The van der Waals surface area contributed by atoms with Crippen LogP contribution < -0.4 is 10.1 Å². The van der Waals surface area contributed by atoms with Crippen molar-refractivity contribution in [2.24, 2.45) is 0 Å². The van der Waals surface area contributed by atoms with Crippen molar-refractivity contribution in [3.8, 4) is 5.75 Å². The molecule has 1 amide bonds. The summed E-state index contributed by atoms with van der Waals surface area (Å²) in [4.78, 5) is 12.3. The number of hydrogen-bond acceptors (Lipinski definition) is 2. The highest BCUT2D eigenvalue weighted by molar-refractivity contribution is 5.81. The molecule has 3 nitrogen and oxygen atoms in total. The SMILES string of the molecule is CC(Oc1ccc(C(C)(C)C)cc1)C(=O)NC1CCCCCC1. The van der Waals surface area contributed by atoms with E-state index in [9.17, 15) is 4.79 Å². The predicted octanol–water partition coefficient (Wildman–Crippen LogP) is 4.59. The van der Waals surface area contributed by atoms with Gasteiger partial charge < -0.3 is 10.1 Å². The first kappa shape index (κ1) is 17.8. The molecule has 0 bridgehead atoms. The van der Waals surface area contributed by atoms with E-state index in [0.29, 0.717) is 6.04 Å². The highest BCUT2D eigenvalue weighted by Gasteiger charge is 2.20. The summed E-state index contributed by atoms with van der Waals surface area (Å²) in [5.74, 6) is 0.748. The highest BCUT2D eigenvalue weighted by Crippen LogP contribution is 2.24. The van der Waals surface area contributed by atoms with Crippen molar-refractivity contribution in [1.29, 1.82) is 0 Å². The van der Waals surface area contributed by atoms with Crippen LogP contribution >= 0.6 is 0 Å². The van der Waals surface area contributed by atoms with Gasteiger partial charge in [0.2, 0.25) is 0 Å². The van der Waals surface area contributed by atoms with Crippen LogP contribution in [0.1, 0.15) is 71.8 Å². The third-order valence-corrected chi connectivity index (χ3v) is 4.60. The van der Waals surface area contributed by atoms with Crippen molar-refractivity contribution >= 4 is 5.91 Å². The number of rotatable bonds is 4. The van der Waals surface area contributed by atoms with E-state index < -0.39 is 6.10 Å². The van der Waals surface area contributed by atoms with E-state index in [2.05, 4.69) is 38.2 Å². The molecule has 0 radical (unpaired) electrons. The molecule has 23 heavy (non-hydrogen) atoms. The van der Waals surface area contributed by atoms with Gasteiger partial charge in [0.25, 0.3) is 5.91 Å². The van der Waals surface area contributed by atoms with Crippen molar-refractivity contribution in [3.63, 3.8) is 0 Å². The molecular formula is C20H31NO2. The summed E-state index contributed by atoms with van der Waals surface area (Å²) < 4.78 is 5.80. The molecule has 0 spiro atoms. The Hall–Kier alpha value is -1.51. The standard InChI is InChI=1S/C20H31NO2/c1-15(19(22)21-17-9-7-5-6-8-10-17)23-18-13-11-16(12-14-18)20(2,3)4/h11-15,17H,5-10H2,1-4H3,(H,21,22). The van der Waals surface area contributed by atoms with Crippen LogP contribution in [0.4, 0.5) is 0 Å². The zero-order chi connectivity index (χ0) is 16.9. The van der Waals surface area contributed by atoms with E-state index in [0.717, 1.165) is 18.6 Å². The number of nitrogens with one attached hydrogen (secondary N) is 1. The van der Waals surface area contributed by atoms with Crippen LogP contribution in [0.3, 0.4) is 0 Å². The molecule has 0 saturated heterocycles. The maximum atomic E-state index is 12.3. The molecule has 1 saturated carbocycles. The minimum Gasteiger partial charge on any atom is -0.481 e. The molecule has 1 fully saturated rings. The van der Waals surface area contributed by atoms with Gasteiger partial charge in [-0.05, 0) is 42.9 Å². The summed E-state index contributed by atoms with van der Waals surface area (Å²) in [7, 11) is 0. The Morgan fingerprint density at radius 2 is 1.65 bits per heavy atom. The van der Waals surface area contributed by atoms with Crippen LogP contribution in [0, 0.1) is 0 Å². The largest absolute Gasteiger partial charge is 0.481 e. The second-order valence-electron chi connectivity index (χ2n) is 7.73.